The second kappa shape index (κ2) is 4.55. The smallest absolute Gasteiger partial charge is 0.160 e. The molecule has 0 saturated carbocycles. The highest BCUT2D eigenvalue weighted by atomic mass is 79.9. The predicted molar refractivity (Wildman–Crippen MR) is 55.3 cm³/mol. The monoisotopic (exact) mass is 260 g/mol. The van der Waals surface area contributed by atoms with Gasteiger partial charge >= 0.3 is 0 Å². The van der Waals surface area contributed by atoms with Crippen LogP contribution >= 0.6 is 15.9 Å². The van der Waals surface area contributed by atoms with Crippen molar-refractivity contribution in [2.24, 2.45) is 0 Å². The van der Waals surface area contributed by atoms with E-state index in [-0.39, 0.29) is 10.3 Å². The third kappa shape index (κ3) is 2.32. The topological polar surface area (TPSA) is 26.3 Å². The summed E-state index contributed by atoms with van der Waals surface area (Å²) in [4.78, 5) is 11.0. The van der Waals surface area contributed by atoms with Crippen LogP contribution in [0.2, 0.25) is 0 Å². The van der Waals surface area contributed by atoms with E-state index in [9.17, 15) is 9.18 Å². The van der Waals surface area contributed by atoms with E-state index in [2.05, 4.69) is 15.9 Å². The Morgan fingerprint density at radius 3 is 2.71 bits per heavy atom. The lowest BCUT2D eigenvalue weighted by Gasteiger charge is -2.07. The molecule has 0 spiro atoms. The maximum Gasteiger partial charge on any atom is 0.160 e. The summed E-state index contributed by atoms with van der Waals surface area (Å²) in [6.45, 7) is 3.61. The van der Waals surface area contributed by atoms with Gasteiger partial charge in [-0.25, -0.2) is 4.39 Å². The van der Waals surface area contributed by atoms with Crippen molar-refractivity contribution in [1.82, 2.24) is 0 Å². The first-order valence-electron chi connectivity index (χ1n) is 4.19. The first kappa shape index (κ1) is 11.2. The Labute approximate surface area is 90.2 Å². The minimum absolute atomic E-state index is 0.183. The molecule has 2 nitrogen and oxygen atoms in total. The van der Waals surface area contributed by atoms with Crippen LogP contribution in [0.3, 0.4) is 0 Å². The van der Waals surface area contributed by atoms with Crippen molar-refractivity contribution in [1.29, 1.82) is 0 Å². The number of carbonyl (C=O) groups excluding carboxylic acids is 1. The van der Waals surface area contributed by atoms with Crippen LogP contribution in [0.25, 0.3) is 0 Å². The van der Waals surface area contributed by atoms with Gasteiger partial charge in [0.05, 0.1) is 11.1 Å². The zero-order valence-corrected chi connectivity index (χ0v) is 9.52. The number of ether oxygens (including phenoxy) is 1. The summed E-state index contributed by atoms with van der Waals surface area (Å²) >= 11 is 3.05. The Balaban J connectivity index is 3.20. The molecule has 1 aromatic carbocycles. The van der Waals surface area contributed by atoms with Gasteiger partial charge in [0.15, 0.2) is 5.78 Å². The molecule has 0 aliphatic heterocycles. The highest BCUT2D eigenvalue weighted by molar-refractivity contribution is 9.10. The molecule has 0 atom stereocenters. The molecule has 0 radical (unpaired) electrons. The van der Waals surface area contributed by atoms with Gasteiger partial charge in [-0.2, -0.15) is 0 Å². The molecule has 76 valence electrons. The minimum atomic E-state index is -0.485. The van der Waals surface area contributed by atoms with Gasteiger partial charge in [-0.15, -0.1) is 0 Å². The van der Waals surface area contributed by atoms with Crippen molar-refractivity contribution in [2.45, 2.75) is 13.8 Å². The minimum Gasteiger partial charge on any atom is -0.493 e. The van der Waals surface area contributed by atoms with Crippen LogP contribution in [0.1, 0.15) is 24.2 Å². The lowest BCUT2D eigenvalue weighted by molar-refractivity contribution is 0.101. The Morgan fingerprint density at radius 1 is 1.57 bits per heavy atom. The first-order chi connectivity index (χ1) is 6.56. The fourth-order valence-electron chi connectivity index (χ4n) is 1.03. The van der Waals surface area contributed by atoms with Crippen LogP contribution in [0, 0.1) is 5.82 Å². The van der Waals surface area contributed by atoms with Gasteiger partial charge < -0.3 is 4.74 Å². The Morgan fingerprint density at radius 2 is 2.21 bits per heavy atom. The maximum absolute atomic E-state index is 13.2. The molecule has 1 aromatic rings. The van der Waals surface area contributed by atoms with Gasteiger partial charge in [-0.3, -0.25) is 4.79 Å². The van der Waals surface area contributed by atoms with E-state index in [1.54, 1.807) is 6.92 Å². The Bertz CT molecular complexity index is 363. The van der Waals surface area contributed by atoms with E-state index >= 15 is 0 Å². The van der Waals surface area contributed by atoms with Crippen molar-refractivity contribution in [3.05, 3.63) is 28.0 Å². The molecule has 4 heteroatoms. The molecule has 0 amide bonds. The van der Waals surface area contributed by atoms with Gasteiger partial charge in [0.25, 0.3) is 0 Å². The summed E-state index contributed by atoms with van der Waals surface area (Å²) < 4.78 is 18.7. The average molecular weight is 261 g/mol. The fourth-order valence-corrected chi connectivity index (χ4v) is 1.37. The van der Waals surface area contributed by atoms with Gasteiger partial charge in [0.2, 0.25) is 0 Å². The lowest BCUT2D eigenvalue weighted by atomic mass is 10.1. The summed E-state index contributed by atoms with van der Waals surface area (Å²) in [5, 5.41) is 0. The van der Waals surface area contributed by atoms with Crippen molar-refractivity contribution < 1.29 is 13.9 Å². The summed E-state index contributed by atoms with van der Waals surface area (Å²) in [5.74, 6) is -0.309. The van der Waals surface area contributed by atoms with E-state index in [1.807, 2.05) is 0 Å². The van der Waals surface area contributed by atoms with Crippen molar-refractivity contribution in [2.75, 3.05) is 6.61 Å². The third-order valence-electron chi connectivity index (χ3n) is 1.70. The van der Waals surface area contributed by atoms with Crippen molar-refractivity contribution >= 4 is 21.7 Å². The van der Waals surface area contributed by atoms with Crippen LogP contribution in [0.5, 0.6) is 5.75 Å². The van der Waals surface area contributed by atoms with Gasteiger partial charge in [-0.05, 0) is 41.9 Å². The largest absolute Gasteiger partial charge is 0.493 e. The quantitative estimate of drug-likeness (QED) is 0.781. The predicted octanol–water partition coefficient (Wildman–Crippen LogP) is 3.19. The van der Waals surface area contributed by atoms with Crippen molar-refractivity contribution in [3.8, 4) is 5.75 Å². The number of ketones is 1. The lowest BCUT2D eigenvalue weighted by Crippen LogP contribution is -1.99. The highest BCUT2D eigenvalue weighted by Crippen LogP contribution is 2.29. The molecule has 0 fully saturated rings. The fraction of sp³-hybridized carbons (Fsp3) is 0.300. The molecule has 0 saturated heterocycles. The molecule has 14 heavy (non-hydrogen) atoms. The number of hydrogen-bond donors (Lipinski definition) is 0. The molecule has 0 N–H and O–H groups in total. The van der Waals surface area contributed by atoms with Crippen LogP contribution in [-0.4, -0.2) is 12.4 Å². The second-order valence-corrected chi connectivity index (χ2v) is 3.55. The summed E-state index contributed by atoms with van der Waals surface area (Å²) in [7, 11) is 0. The van der Waals surface area contributed by atoms with Gasteiger partial charge in [0, 0.05) is 5.56 Å². The number of benzene rings is 1. The molecule has 0 heterocycles. The number of hydrogen-bond acceptors (Lipinski definition) is 2. The number of halogens is 2. The standard InChI is InChI=1S/C10H10BrFO2/c1-3-14-9-5-7(6(2)13)4-8(12)10(9)11/h4-5H,3H2,1-2H3. The van der Waals surface area contributed by atoms with Crippen LogP contribution in [0.15, 0.2) is 16.6 Å². The van der Waals surface area contributed by atoms with E-state index in [4.69, 9.17) is 4.74 Å². The summed E-state index contributed by atoms with van der Waals surface area (Å²) in [6, 6.07) is 2.72. The van der Waals surface area contributed by atoms with E-state index < -0.39 is 5.82 Å². The van der Waals surface area contributed by atoms with Gasteiger partial charge in [0.1, 0.15) is 11.6 Å². The second-order valence-electron chi connectivity index (χ2n) is 2.76. The van der Waals surface area contributed by atoms with E-state index in [0.717, 1.165) is 0 Å². The SMILES string of the molecule is CCOc1cc(C(C)=O)cc(F)c1Br. The number of rotatable bonds is 3. The molecule has 0 aromatic heterocycles. The molecule has 0 aliphatic carbocycles. The Hall–Kier alpha value is -0.900. The molecule has 0 unspecified atom stereocenters. The van der Waals surface area contributed by atoms with E-state index in [0.29, 0.717) is 17.9 Å². The average Bonchev–Trinajstić information content (AvgIpc) is 2.12. The zero-order chi connectivity index (χ0) is 10.7. The van der Waals surface area contributed by atoms with Crippen LogP contribution in [0.4, 0.5) is 4.39 Å². The van der Waals surface area contributed by atoms with Crippen LogP contribution in [-0.2, 0) is 0 Å². The van der Waals surface area contributed by atoms with Crippen molar-refractivity contribution in [3.63, 3.8) is 0 Å². The number of Topliss-reactive ketones (excluding diaryl/α,β-unsaturated/α-hetero) is 1. The highest BCUT2D eigenvalue weighted by Gasteiger charge is 2.11. The van der Waals surface area contributed by atoms with E-state index in [1.165, 1.54) is 19.1 Å². The van der Waals surface area contributed by atoms with Crippen LogP contribution < -0.4 is 4.74 Å². The van der Waals surface area contributed by atoms with Gasteiger partial charge in [-0.1, -0.05) is 0 Å². The molecule has 1 rings (SSSR count). The maximum atomic E-state index is 13.2. The molecular weight excluding hydrogens is 251 g/mol. The first-order valence-corrected chi connectivity index (χ1v) is 4.98. The third-order valence-corrected chi connectivity index (χ3v) is 2.47. The summed E-state index contributed by atoms with van der Waals surface area (Å²) in [5.41, 5.74) is 0.314. The normalized spacial score (nSPS) is 10.0. The zero-order valence-electron chi connectivity index (χ0n) is 7.93. The molecule has 0 aliphatic rings. The number of carbonyl (C=O) groups is 1. The summed E-state index contributed by atoms with van der Waals surface area (Å²) in [6.07, 6.45) is 0. The Kier molecular flexibility index (Phi) is 3.63. The molecule has 0 bridgehead atoms. The molecular formula is C10H10BrFO2.